The molecule has 2 saturated heterocycles. The summed E-state index contributed by atoms with van der Waals surface area (Å²) >= 11 is 0. The number of carbonyl (C=O) groups excluding carboxylic acids is 1. The Kier molecular flexibility index (Phi) is 7.97. The predicted molar refractivity (Wildman–Crippen MR) is 133 cm³/mol. The van der Waals surface area contributed by atoms with E-state index in [1.165, 1.54) is 0 Å². The summed E-state index contributed by atoms with van der Waals surface area (Å²) in [6.07, 6.45) is 6.38. The molecule has 5 N–H and O–H groups in total. The number of amidine groups is 1. The van der Waals surface area contributed by atoms with Gasteiger partial charge in [0.15, 0.2) is 11.9 Å². The van der Waals surface area contributed by atoms with Crippen molar-refractivity contribution in [3.8, 4) is 5.75 Å². The normalized spacial score (nSPS) is 19.3. The van der Waals surface area contributed by atoms with E-state index in [0.29, 0.717) is 16.9 Å². The number of ether oxygens (including phenoxy) is 1. The Hall–Kier alpha value is -3.46. The number of aliphatic carboxylic acids is 1. The van der Waals surface area contributed by atoms with Crippen LogP contribution in [0.15, 0.2) is 42.7 Å². The topological polar surface area (TPSA) is 142 Å². The van der Waals surface area contributed by atoms with E-state index >= 15 is 0 Å². The summed E-state index contributed by atoms with van der Waals surface area (Å²) < 4.78 is 6.40. The molecule has 1 aromatic heterocycles. The van der Waals surface area contributed by atoms with Crippen molar-refractivity contribution in [2.45, 2.75) is 50.7 Å². The molecule has 35 heavy (non-hydrogen) atoms. The number of aromatic nitrogens is 1. The first-order chi connectivity index (χ1) is 16.9. The van der Waals surface area contributed by atoms with E-state index in [1.54, 1.807) is 30.6 Å². The molecule has 2 aromatic rings. The van der Waals surface area contributed by atoms with E-state index in [-0.39, 0.29) is 36.4 Å². The average molecular weight is 480 g/mol. The van der Waals surface area contributed by atoms with Crippen LogP contribution in [-0.4, -0.2) is 59.5 Å². The second-order valence-electron chi connectivity index (χ2n) is 9.24. The van der Waals surface area contributed by atoms with Crippen LogP contribution in [-0.2, 0) is 16.0 Å². The minimum atomic E-state index is -0.905. The Bertz CT molecular complexity index is 1050. The van der Waals surface area contributed by atoms with Crippen molar-refractivity contribution < 1.29 is 19.4 Å². The molecule has 2 aliphatic rings. The summed E-state index contributed by atoms with van der Waals surface area (Å²) in [5.41, 5.74) is 7.98. The molecule has 0 amide bonds. The molecule has 2 fully saturated rings. The van der Waals surface area contributed by atoms with Crippen LogP contribution in [0.5, 0.6) is 5.75 Å². The molecule has 0 saturated carbocycles. The monoisotopic (exact) mass is 479 g/mol. The highest BCUT2D eigenvalue weighted by atomic mass is 16.5. The SMILES string of the molecule is N=C(N)c1ccc(CCC(=O)O)c(OC(C(=O)C2CCN(c3ccncc3)CC2)[C@H]2CCCN2)c1. The molecule has 0 radical (unpaired) electrons. The van der Waals surface area contributed by atoms with Crippen LogP contribution in [0.4, 0.5) is 5.69 Å². The zero-order valence-corrected chi connectivity index (χ0v) is 19.8. The van der Waals surface area contributed by atoms with E-state index in [4.69, 9.17) is 21.0 Å². The van der Waals surface area contributed by atoms with Crippen LogP contribution in [0.3, 0.4) is 0 Å². The number of nitrogens with two attached hydrogens (primary N) is 1. The van der Waals surface area contributed by atoms with Gasteiger partial charge >= 0.3 is 5.97 Å². The molecule has 0 spiro atoms. The van der Waals surface area contributed by atoms with Gasteiger partial charge in [-0.15, -0.1) is 0 Å². The summed E-state index contributed by atoms with van der Waals surface area (Å²) in [6, 6.07) is 8.95. The molecule has 186 valence electrons. The van der Waals surface area contributed by atoms with Gasteiger partial charge < -0.3 is 25.8 Å². The van der Waals surface area contributed by atoms with Crippen LogP contribution in [0.1, 0.15) is 43.2 Å². The van der Waals surface area contributed by atoms with E-state index in [1.807, 2.05) is 12.1 Å². The van der Waals surface area contributed by atoms with Gasteiger partial charge in [-0.05, 0) is 62.4 Å². The molecule has 9 heteroatoms. The molecule has 9 nitrogen and oxygen atoms in total. The maximum Gasteiger partial charge on any atom is 0.303 e. The van der Waals surface area contributed by atoms with Gasteiger partial charge in [-0.3, -0.25) is 20.0 Å². The molecule has 0 bridgehead atoms. The van der Waals surface area contributed by atoms with Gasteiger partial charge in [0, 0.05) is 49.1 Å². The maximum absolute atomic E-state index is 13.8. The first kappa shape index (κ1) is 24.7. The largest absolute Gasteiger partial charge is 0.481 e. The number of nitrogens with one attached hydrogen (secondary N) is 2. The standard InChI is InChI=1S/C26H33N5O4/c27-26(28)19-4-3-17(5-6-23(32)33)22(16-19)35-25(21-2-1-11-30-21)24(34)18-9-14-31(15-10-18)20-7-12-29-13-8-20/h3-4,7-8,12-13,16,18,21,25,30H,1-2,5-6,9-11,14-15H2,(H3,27,28)(H,32,33)/t21-,25?/m1/s1. The van der Waals surface area contributed by atoms with Crippen LogP contribution < -0.4 is 20.7 Å². The Morgan fingerprint density at radius 3 is 2.57 bits per heavy atom. The van der Waals surface area contributed by atoms with E-state index in [2.05, 4.69) is 15.2 Å². The summed E-state index contributed by atoms with van der Waals surface area (Å²) in [7, 11) is 0. The maximum atomic E-state index is 13.8. The van der Waals surface area contributed by atoms with Gasteiger partial charge in [0.1, 0.15) is 11.6 Å². The lowest BCUT2D eigenvalue weighted by molar-refractivity contribution is -0.137. The molecule has 2 atom stereocenters. The van der Waals surface area contributed by atoms with Crippen molar-refractivity contribution in [2.75, 3.05) is 24.5 Å². The lowest BCUT2D eigenvalue weighted by Gasteiger charge is -2.35. The molecular weight excluding hydrogens is 446 g/mol. The van der Waals surface area contributed by atoms with Crippen LogP contribution in [0.2, 0.25) is 0 Å². The number of piperidine rings is 1. The molecule has 4 rings (SSSR count). The van der Waals surface area contributed by atoms with Gasteiger partial charge in [0.2, 0.25) is 0 Å². The van der Waals surface area contributed by atoms with E-state index < -0.39 is 12.1 Å². The third-order valence-electron chi connectivity index (χ3n) is 6.91. The Morgan fingerprint density at radius 2 is 1.94 bits per heavy atom. The number of rotatable bonds is 10. The fraction of sp³-hybridized carbons (Fsp3) is 0.462. The minimum Gasteiger partial charge on any atom is -0.481 e. The fourth-order valence-corrected chi connectivity index (χ4v) is 4.93. The molecule has 0 aliphatic carbocycles. The second kappa shape index (κ2) is 11.3. The van der Waals surface area contributed by atoms with Gasteiger partial charge in [-0.2, -0.15) is 0 Å². The van der Waals surface area contributed by atoms with Gasteiger partial charge in [-0.25, -0.2) is 0 Å². The molecular formula is C26H33N5O4. The molecule has 1 aromatic carbocycles. The number of carboxylic acid groups (broad SMARTS) is 1. The quantitative estimate of drug-likeness (QED) is 0.301. The zero-order valence-electron chi connectivity index (χ0n) is 19.8. The van der Waals surface area contributed by atoms with Crippen molar-refractivity contribution in [2.24, 2.45) is 11.7 Å². The highest BCUT2D eigenvalue weighted by molar-refractivity contribution is 5.95. The highest BCUT2D eigenvalue weighted by Crippen LogP contribution is 2.30. The lowest BCUT2D eigenvalue weighted by Crippen LogP contribution is -2.49. The third-order valence-corrected chi connectivity index (χ3v) is 6.91. The zero-order chi connectivity index (χ0) is 24.8. The van der Waals surface area contributed by atoms with E-state index in [0.717, 1.165) is 51.0 Å². The van der Waals surface area contributed by atoms with E-state index in [9.17, 15) is 9.59 Å². The highest BCUT2D eigenvalue weighted by Gasteiger charge is 2.38. The lowest BCUT2D eigenvalue weighted by atomic mass is 9.87. The number of benzene rings is 1. The predicted octanol–water partition coefficient (Wildman–Crippen LogP) is 2.37. The van der Waals surface area contributed by atoms with Crippen molar-refractivity contribution in [1.82, 2.24) is 10.3 Å². The van der Waals surface area contributed by atoms with Crippen molar-refractivity contribution >= 4 is 23.3 Å². The van der Waals surface area contributed by atoms with Gasteiger partial charge in [0.05, 0.1) is 6.04 Å². The minimum absolute atomic E-state index is 0.0520. The summed E-state index contributed by atoms with van der Waals surface area (Å²) in [5, 5.41) is 20.4. The molecule has 3 heterocycles. The first-order valence-electron chi connectivity index (χ1n) is 12.2. The van der Waals surface area contributed by atoms with Crippen LogP contribution in [0.25, 0.3) is 0 Å². The van der Waals surface area contributed by atoms with Gasteiger partial charge in [-0.1, -0.05) is 12.1 Å². The number of ketones is 1. The van der Waals surface area contributed by atoms with Crippen LogP contribution >= 0.6 is 0 Å². The molecule has 1 unspecified atom stereocenters. The number of nitrogens with zero attached hydrogens (tertiary/aromatic N) is 2. The number of Topliss-reactive ketones (excluding diaryl/α,β-unsaturated/α-hetero) is 1. The fourth-order valence-electron chi connectivity index (χ4n) is 4.93. The number of carbonyl (C=O) groups is 2. The number of anilines is 1. The van der Waals surface area contributed by atoms with Gasteiger partial charge in [0.25, 0.3) is 0 Å². The Morgan fingerprint density at radius 1 is 1.20 bits per heavy atom. The van der Waals surface area contributed by atoms with Crippen molar-refractivity contribution in [3.63, 3.8) is 0 Å². The Balaban J connectivity index is 1.53. The number of pyridine rings is 1. The number of hydrogen-bond acceptors (Lipinski definition) is 7. The molecule has 2 aliphatic heterocycles. The van der Waals surface area contributed by atoms with Crippen molar-refractivity contribution in [3.05, 3.63) is 53.9 Å². The number of carboxylic acids is 1. The second-order valence-corrected chi connectivity index (χ2v) is 9.24. The van der Waals surface area contributed by atoms with Crippen molar-refractivity contribution in [1.29, 1.82) is 5.41 Å². The number of hydrogen-bond donors (Lipinski definition) is 4. The Labute approximate surface area is 205 Å². The summed E-state index contributed by atoms with van der Waals surface area (Å²) in [5.74, 6) is -0.613. The average Bonchev–Trinajstić information content (AvgIpc) is 3.41. The third kappa shape index (κ3) is 6.16. The van der Waals surface area contributed by atoms with Crippen LogP contribution in [0, 0.1) is 11.3 Å². The smallest absolute Gasteiger partial charge is 0.303 e. The number of nitrogen functional groups attached to an aromatic ring is 1. The first-order valence-corrected chi connectivity index (χ1v) is 12.2. The summed E-state index contributed by atoms with van der Waals surface area (Å²) in [4.78, 5) is 31.3. The number of aryl methyl sites for hydroxylation is 1. The summed E-state index contributed by atoms with van der Waals surface area (Å²) in [6.45, 7) is 2.40.